The third-order valence-electron chi connectivity index (χ3n) is 5.14. The van der Waals surface area contributed by atoms with Gasteiger partial charge in [0.1, 0.15) is 17.0 Å². The van der Waals surface area contributed by atoms with Gasteiger partial charge in [0.2, 0.25) is 0 Å². The van der Waals surface area contributed by atoms with Crippen LogP contribution < -0.4 is 10.1 Å². The van der Waals surface area contributed by atoms with E-state index in [1.54, 1.807) is 12.3 Å². The third kappa shape index (κ3) is 4.03. The van der Waals surface area contributed by atoms with Gasteiger partial charge >= 0.3 is 12.6 Å². The van der Waals surface area contributed by atoms with Gasteiger partial charge < -0.3 is 14.8 Å². The maximum atomic E-state index is 13.1. The molecule has 4 aromatic rings. The molecule has 1 saturated heterocycles. The number of halogens is 3. The fourth-order valence-electron chi connectivity index (χ4n) is 3.63. The number of ether oxygens (including phenoxy) is 2. The van der Waals surface area contributed by atoms with Crippen molar-refractivity contribution in [1.82, 2.24) is 24.4 Å². The molecule has 174 valence electrons. The molecule has 1 atom stereocenters. The molecule has 1 aliphatic rings. The molecule has 0 spiro atoms. The summed E-state index contributed by atoms with van der Waals surface area (Å²) >= 11 is 6.11. The van der Waals surface area contributed by atoms with Gasteiger partial charge in [-0.05, 0) is 24.3 Å². The van der Waals surface area contributed by atoms with E-state index in [0.29, 0.717) is 12.1 Å². The first-order valence-corrected chi connectivity index (χ1v) is 10.4. The highest BCUT2D eigenvalue weighted by atomic mass is 35.5. The smallest absolute Gasteiger partial charge is 0.387 e. The summed E-state index contributed by atoms with van der Waals surface area (Å²) in [4.78, 5) is 29.4. The van der Waals surface area contributed by atoms with Crippen LogP contribution in [0.4, 0.5) is 14.5 Å². The Labute approximate surface area is 195 Å². The molecule has 0 bridgehead atoms. The Morgan fingerprint density at radius 2 is 2.21 bits per heavy atom. The predicted molar refractivity (Wildman–Crippen MR) is 115 cm³/mol. The van der Waals surface area contributed by atoms with Gasteiger partial charge in [0.15, 0.2) is 11.7 Å². The van der Waals surface area contributed by atoms with Crippen molar-refractivity contribution in [1.29, 1.82) is 0 Å². The fraction of sp³-hybridized carbons (Fsp3) is 0.190. The Morgan fingerprint density at radius 3 is 2.97 bits per heavy atom. The van der Waals surface area contributed by atoms with Gasteiger partial charge in [-0.25, -0.2) is 14.3 Å². The van der Waals surface area contributed by atoms with Crippen LogP contribution in [0.3, 0.4) is 0 Å². The molecular formula is C21H15ClF2N6O4. The highest BCUT2D eigenvalue weighted by Crippen LogP contribution is 2.38. The Kier molecular flexibility index (Phi) is 5.57. The third-order valence-corrected chi connectivity index (χ3v) is 5.38. The van der Waals surface area contributed by atoms with Crippen LogP contribution in [0.25, 0.3) is 16.9 Å². The largest absolute Gasteiger partial charge is 0.464 e. The Bertz CT molecular complexity index is 1410. The second kappa shape index (κ2) is 8.71. The van der Waals surface area contributed by atoms with Crippen molar-refractivity contribution < 1.29 is 27.8 Å². The number of hydrogen-bond acceptors (Lipinski definition) is 7. The molecule has 1 unspecified atom stereocenters. The number of fused-ring (bicyclic) bond motifs is 1. The number of carbonyl (C=O) groups is 2. The first kappa shape index (κ1) is 21.8. The average molecular weight is 489 g/mol. The van der Waals surface area contributed by atoms with Crippen LogP contribution >= 0.6 is 11.6 Å². The quantitative estimate of drug-likeness (QED) is 0.413. The zero-order chi connectivity index (χ0) is 23.8. The van der Waals surface area contributed by atoms with Gasteiger partial charge in [0, 0.05) is 29.4 Å². The second-order valence-electron chi connectivity index (χ2n) is 7.26. The molecule has 0 saturated carbocycles. The van der Waals surface area contributed by atoms with Crippen LogP contribution in [0.1, 0.15) is 22.8 Å². The standard InChI is InChI=1S/C21H15ClF2N6O4/c22-11-2-3-16(34-21(23)24)12(8-11)17-14(10-30(28-17)15-4-7-33-20(15)32)27-19(31)13-9-26-29-6-1-5-25-18(13)29/h1-3,5-6,8-10,15,21H,4,7H2,(H,27,31). The fourth-order valence-corrected chi connectivity index (χ4v) is 3.80. The first-order valence-electron chi connectivity index (χ1n) is 10.0. The van der Waals surface area contributed by atoms with E-state index in [4.69, 9.17) is 16.3 Å². The van der Waals surface area contributed by atoms with Gasteiger partial charge in [-0.3, -0.25) is 9.48 Å². The SMILES string of the molecule is O=C(Nc1cn(C2CCOC2=O)nc1-c1cc(Cl)ccc1OC(F)F)c1cnn2cccnc12. The molecule has 4 heterocycles. The van der Waals surface area contributed by atoms with E-state index in [1.807, 2.05) is 0 Å². The summed E-state index contributed by atoms with van der Waals surface area (Å²) in [5, 5.41) is 11.4. The van der Waals surface area contributed by atoms with Crippen LogP contribution in [0.5, 0.6) is 5.75 Å². The molecule has 0 radical (unpaired) electrons. The van der Waals surface area contributed by atoms with E-state index in [-0.39, 0.29) is 39.9 Å². The monoisotopic (exact) mass is 488 g/mol. The number of aromatic nitrogens is 5. The van der Waals surface area contributed by atoms with Crippen molar-refractivity contribution >= 4 is 34.8 Å². The van der Waals surface area contributed by atoms with Crippen LogP contribution in [-0.2, 0) is 9.53 Å². The van der Waals surface area contributed by atoms with Crippen molar-refractivity contribution in [3.63, 3.8) is 0 Å². The number of alkyl halides is 2. The molecule has 5 rings (SSSR count). The van der Waals surface area contributed by atoms with Gasteiger partial charge in [0.05, 0.1) is 24.7 Å². The number of hydrogen-bond donors (Lipinski definition) is 1. The van der Waals surface area contributed by atoms with Crippen molar-refractivity contribution in [2.75, 3.05) is 11.9 Å². The molecule has 13 heteroatoms. The maximum Gasteiger partial charge on any atom is 0.387 e. The average Bonchev–Trinajstić information content (AvgIpc) is 3.52. The minimum atomic E-state index is -3.10. The molecule has 1 amide bonds. The number of anilines is 1. The van der Waals surface area contributed by atoms with Gasteiger partial charge in [-0.15, -0.1) is 0 Å². The lowest BCUT2D eigenvalue weighted by Crippen LogP contribution is -2.15. The predicted octanol–water partition coefficient (Wildman–Crippen LogP) is 3.59. The molecule has 3 aromatic heterocycles. The number of esters is 1. The van der Waals surface area contributed by atoms with Gasteiger partial charge in [0.25, 0.3) is 5.91 Å². The molecule has 1 aromatic carbocycles. The minimum Gasteiger partial charge on any atom is -0.464 e. The summed E-state index contributed by atoms with van der Waals surface area (Å²) in [5.41, 5.74) is 0.815. The zero-order valence-electron chi connectivity index (χ0n) is 17.2. The van der Waals surface area contributed by atoms with E-state index in [9.17, 15) is 18.4 Å². The van der Waals surface area contributed by atoms with E-state index in [0.717, 1.165) is 0 Å². The molecule has 0 aliphatic carbocycles. The zero-order valence-corrected chi connectivity index (χ0v) is 17.9. The number of amides is 1. The molecule has 1 fully saturated rings. The van der Waals surface area contributed by atoms with Crippen molar-refractivity contribution in [3.8, 4) is 17.0 Å². The summed E-state index contributed by atoms with van der Waals surface area (Å²) in [5.74, 6) is -1.26. The van der Waals surface area contributed by atoms with E-state index < -0.39 is 24.5 Å². The van der Waals surface area contributed by atoms with Gasteiger partial charge in [-0.1, -0.05) is 11.6 Å². The lowest BCUT2D eigenvalue weighted by Gasteiger charge is -2.11. The highest BCUT2D eigenvalue weighted by molar-refractivity contribution is 6.31. The summed E-state index contributed by atoms with van der Waals surface area (Å²) in [7, 11) is 0. The van der Waals surface area contributed by atoms with Crippen molar-refractivity contribution in [3.05, 3.63) is 59.6 Å². The molecule has 10 nitrogen and oxygen atoms in total. The number of nitrogens with one attached hydrogen (secondary N) is 1. The Hall–Kier alpha value is -4.06. The lowest BCUT2D eigenvalue weighted by atomic mass is 10.1. The second-order valence-corrected chi connectivity index (χ2v) is 7.70. The van der Waals surface area contributed by atoms with Crippen molar-refractivity contribution in [2.45, 2.75) is 19.1 Å². The van der Waals surface area contributed by atoms with Crippen LogP contribution in [-0.4, -0.2) is 49.5 Å². The summed E-state index contributed by atoms with van der Waals surface area (Å²) in [6.07, 6.45) is 6.29. The summed E-state index contributed by atoms with van der Waals surface area (Å²) in [6, 6.07) is 4.96. The van der Waals surface area contributed by atoms with E-state index in [2.05, 4.69) is 25.2 Å². The van der Waals surface area contributed by atoms with Crippen LogP contribution in [0.15, 0.2) is 49.1 Å². The topological polar surface area (TPSA) is 113 Å². The number of rotatable bonds is 6. The van der Waals surface area contributed by atoms with E-state index in [1.165, 1.54) is 46.0 Å². The molecule has 1 aliphatic heterocycles. The molecule has 34 heavy (non-hydrogen) atoms. The summed E-state index contributed by atoms with van der Waals surface area (Å²) < 4.78 is 38.5. The number of carbonyl (C=O) groups excluding carboxylic acids is 2. The van der Waals surface area contributed by atoms with Crippen LogP contribution in [0, 0.1) is 0 Å². The Morgan fingerprint density at radius 1 is 1.35 bits per heavy atom. The minimum absolute atomic E-state index is 0.0793. The number of nitrogens with zero attached hydrogens (tertiary/aromatic N) is 5. The van der Waals surface area contributed by atoms with Crippen LogP contribution in [0.2, 0.25) is 5.02 Å². The Balaban J connectivity index is 1.59. The lowest BCUT2D eigenvalue weighted by molar-refractivity contribution is -0.140. The molecular weight excluding hydrogens is 474 g/mol. The first-order chi connectivity index (χ1) is 16.4. The number of cyclic esters (lactones) is 1. The molecule has 1 N–H and O–H groups in total. The normalized spacial score (nSPS) is 15.6. The summed E-state index contributed by atoms with van der Waals surface area (Å²) in [6.45, 7) is -2.89. The highest BCUT2D eigenvalue weighted by Gasteiger charge is 2.31. The van der Waals surface area contributed by atoms with Crippen molar-refractivity contribution in [2.24, 2.45) is 0 Å². The van der Waals surface area contributed by atoms with E-state index >= 15 is 0 Å². The van der Waals surface area contributed by atoms with Gasteiger partial charge in [-0.2, -0.15) is 19.0 Å². The maximum absolute atomic E-state index is 13.1. The number of benzene rings is 1.